The molecule has 4 nitrogen and oxygen atoms in total. The van der Waals surface area contributed by atoms with Gasteiger partial charge in [-0.2, -0.15) is 0 Å². The van der Waals surface area contributed by atoms with Crippen LogP contribution in [0.15, 0.2) is 46.9 Å². The van der Waals surface area contributed by atoms with Crippen LogP contribution >= 0.6 is 15.9 Å². The standard InChI is InChI=1S/C17H14BrF2NO3S/c1-25(23,24)10-12-9-14(19)4-6-16(12)21-17(22)7-2-11-8-13(18)3-5-15(11)20/h2-9H,10H2,1H3,(H,21,22)/b7-2+. The van der Waals surface area contributed by atoms with Gasteiger partial charge in [-0.25, -0.2) is 17.2 Å². The molecule has 0 fully saturated rings. The monoisotopic (exact) mass is 429 g/mol. The van der Waals surface area contributed by atoms with Crippen molar-refractivity contribution in [2.75, 3.05) is 11.6 Å². The summed E-state index contributed by atoms with van der Waals surface area (Å²) in [5.74, 6) is -2.11. The zero-order valence-electron chi connectivity index (χ0n) is 13.1. The third kappa shape index (κ3) is 6.06. The van der Waals surface area contributed by atoms with Crippen molar-refractivity contribution in [2.24, 2.45) is 0 Å². The van der Waals surface area contributed by atoms with E-state index in [1.807, 2.05) is 0 Å². The van der Waals surface area contributed by atoms with Crippen molar-refractivity contribution in [3.05, 3.63) is 69.7 Å². The van der Waals surface area contributed by atoms with Crippen molar-refractivity contribution in [3.63, 3.8) is 0 Å². The minimum atomic E-state index is -3.41. The van der Waals surface area contributed by atoms with E-state index in [0.29, 0.717) is 4.47 Å². The lowest BCUT2D eigenvalue weighted by Gasteiger charge is -2.09. The molecule has 2 aromatic carbocycles. The summed E-state index contributed by atoms with van der Waals surface area (Å²) >= 11 is 3.21. The summed E-state index contributed by atoms with van der Waals surface area (Å²) in [4.78, 5) is 12.0. The topological polar surface area (TPSA) is 63.2 Å². The molecule has 132 valence electrons. The molecule has 0 aliphatic carbocycles. The largest absolute Gasteiger partial charge is 0.322 e. The van der Waals surface area contributed by atoms with E-state index in [4.69, 9.17) is 0 Å². The maximum absolute atomic E-state index is 13.6. The molecule has 1 amide bonds. The molecule has 0 spiro atoms. The number of nitrogens with one attached hydrogen (secondary N) is 1. The highest BCUT2D eigenvalue weighted by Gasteiger charge is 2.12. The van der Waals surface area contributed by atoms with E-state index in [9.17, 15) is 22.0 Å². The van der Waals surface area contributed by atoms with Crippen LogP contribution in [0.25, 0.3) is 6.08 Å². The summed E-state index contributed by atoms with van der Waals surface area (Å²) in [6.45, 7) is 0. The van der Waals surface area contributed by atoms with Crippen LogP contribution in [-0.4, -0.2) is 20.6 Å². The van der Waals surface area contributed by atoms with Gasteiger partial charge in [-0.15, -0.1) is 0 Å². The van der Waals surface area contributed by atoms with Gasteiger partial charge in [-0.05, 0) is 48.0 Å². The quantitative estimate of drug-likeness (QED) is 0.732. The number of hydrogen-bond donors (Lipinski definition) is 1. The summed E-state index contributed by atoms with van der Waals surface area (Å²) in [6.07, 6.45) is 3.41. The van der Waals surface area contributed by atoms with Crippen molar-refractivity contribution < 1.29 is 22.0 Å². The first-order valence-electron chi connectivity index (χ1n) is 7.04. The molecule has 0 aliphatic heterocycles. The van der Waals surface area contributed by atoms with E-state index in [1.54, 1.807) is 0 Å². The maximum Gasteiger partial charge on any atom is 0.248 e. The number of hydrogen-bond acceptors (Lipinski definition) is 3. The highest BCUT2D eigenvalue weighted by Crippen LogP contribution is 2.20. The number of carbonyl (C=O) groups excluding carboxylic acids is 1. The van der Waals surface area contributed by atoms with Gasteiger partial charge in [0.1, 0.15) is 11.6 Å². The maximum atomic E-state index is 13.6. The van der Waals surface area contributed by atoms with Gasteiger partial charge in [0.15, 0.2) is 9.84 Å². The average molecular weight is 430 g/mol. The van der Waals surface area contributed by atoms with Gasteiger partial charge in [-0.1, -0.05) is 15.9 Å². The second-order valence-corrected chi connectivity index (χ2v) is 8.42. The molecule has 0 bridgehead atoms. The van der Waals surface area contributed by atoms with Gasteiger partial charge in [0.25, 0.3) is 0 Å². The molecule has 8 heteroatoms. The number of halogens is 3. The Balaban J connectivity index is 2.20. The minimum absolute atomic E-state index is 0.137. The highest BCUT2D eigenvalue weighted by atomic mass is 79.9. The Morgan fingerprint density at radius 3 is 2.60 bits per heavy atom. The normalized spacial score (nSPS) is 11.7. The van der Waals surface area contributed by atoms with Crippen molar-refractivity contribution in [2.45, 2.75) is 5.75 Å². The Kier molecular flexibility index (Phi) is 6.07. The van der Waals surface area contributed by atoms with Crippen molar-refractivity contribution in [1.29, 1.82) is 0 Å². The molecular weight excluding hydrogens is 416 g/mol. The molecule has 0 saturated heterocycles. The van der Waals surface area contributed by atoms with E-state index in [-0.39, 0.29) is 16.8 Å². The molecule has 1 N–H and O–H groups in total. The number of benzene rings is 2. The Morgan fingerprint density at radius 2 is 1.92 bits per heavy atom. The molecule has 0 unspecified atom stereocenters. The molecule has 0 atom stereocenters. The molecule has 0 heterocycles. The first-order chi connectivity index (χ1) is 11.6. The first kappa shape index (κ1) is 19.3. The van der Waals surface area contributed by atoms with E-state index < -0.39 is 33.1 Å². The lowest BCUT2D eigenvalue weighted by atomic mass is 10.2. The van der Waals surface area contributed by atoms with Crippen molar-refractivity contribution in [1.82, 2.24) is 0 Å². The molecule has 2 rings (SSSR count). The van der Waals surface area contributed by atoms with Crippen LogP contribution in [0, 0.1) is 11.6 Å². The summed E-state index contributed by atoms with van der Waals surface area (Å²) < 4.78 is 50.5. The second-order valence-electron chi connectivity index (χ2n) is 5.36. The number of carbonyl (C=O) groups is 1. The molecule has 0 aromatic heterocycles. The van der Waals surface area contributed by atoms with Gasteiger partial charge in [-0.3, -0.25) is 4.79 Å². The lowest BCUT2D eigenvalue weighted by Crippen LogP contribution is -2.12. The third-order valence-corrected chi connectivity index (χ3v) is 4.44. The lowest BCUT2D eigenvalue weighted by molar-refractivity contribution is -0.111. The van der Waals surface area contributed by atoms with Gasteiger partial charge in [0.05, 0.1) is 5.75 Å². The van der Waals surface area contributed by atoms with Crippen LogP contribution in [0.3, 0.4) is 0 Å². The molecule has 0 radical (unpaired) electrons. The summed E-state index contributed by atoms with van der Waals surface area (Å²) in [5.41, 5.74) is 0.522. The second kappa shape index (κ2) is 7.88. The Bertz CT molecular complexity index is 943. The Hall–Kier alpha value is -2.06. The zero-order chi connectivity index (χ0) is 18.6. The predicted octanol–water partition coefficient (Wildman–Crippen LogP) is 3.92. The van der Waals surface area contributed by atoms with E-state index in [1.165, 1.54) is 30.3 Å². The fraction of sp³-hybridized carbons (Fsp3) is 0.118. The molecular formula is C17H14BrF2NO3S. The van der Waals surface area contributed by atoms with Crippen molar-refractivity contribution >= 4 is 43.4 Å². The average Bonchev–Trinajstić information content (AvgIpc) is 2.49. The van der Waals surface area contributed by atoms with E-state index >= 15 is 0 Å². The third-order valence-electron chi connectivity index (χ3n) is 3.12. The zero-order valence-corrected chi connectivity index (χ0v) is 15.5. The predicted molar refractivity (Wildman–Crippen MR) is 96.7 cm³/mol. The van der Waals surface area contributed by atoms with Crippen LogP contribution in [0.1, 0.15) is 11.1 Å². The Morgan fingerprint density at radius 1 is 1.20 bits per heavy atom. The van der Waals surface area contributed by atoms with Crippen molar-refractivity contribution in [3.8, 4) is 0 Å². The molecule has 0 aliphatic rings. The number of amides is 1. The van der Waals surface area contributed by atoms with E-state index in [0.717, 1.165) is 24.5 Å². The van der Waals surface area contributed by atoms with Gasteiger partial charge >= 0.3 is 0 Å². The summed E-state index contributed by atoms with van der Waals surface area (Å²) in [6, 6.07) is 7.73. The highest BCUT2D eigenvalue weighted by molar-refractivity contribution is 9.10. The van der Waals surface area contributed by atoms with Gasteiger partial charge < -0.3 is 5.32 Å². The van der Waals surface area contributed by atoms with Crippen LogP contribution in [0.5, 0.6) is 0 Å². The number of anilines is 1. The molecule has 0 saturated carbocycles. The van der Waals surface area contributed by atoms with Crippen LogP contribution < -0.4 is 5.32 Å². The smallest absolute Gasteiger partial charge is 0.248 e. The molecule has 25 heavy (non-hydrogen) atoms. The van der Waals surface area contributed by atoms with E-state index in [2.05, 4.69) is 21.2 Å². The van der Waals surface area contributed by atoms with Crippen LogP contribution in [0.4, 0.5) is 14.5 Å². The summed E-state index contributed by atoms with van der Waals surface area (Å²) in [7, 11) is -3.41. The number of rotatable bonds is 5. The first-order valence-corrected chi connectivity index (χ1v) is 9.90. The van der Waals surface area contributed by atoms with Gasteiger partial charge in [0.2, 0.25) is 5.91 Å². The fourth-order valence-corrected chi connectivity index (χ4v) is 3.25. The van der Waals surface area contributed by atoms with Crippen LogP contribution in [0.2, 0.25) is 0 Å². The Labute approximate surface area is 152 Å². The fourth-order valence-electron chi connectivity index (χ4n) is 2.07. The molecule has 2 aromatic rings. The minimum Gasteiger partial charge on any atom is -0.322 e. The van der Waals surface area contributed by atoms with Crippen LogP contribution in [-0.2, 0) is 20.4 Å². The SMILES string of the molecule is CS(=O)(=O)Cc1cc(F)ccc1NC(=O)/C=C/c1cc(Br)ccc1F. The number of sulfone groups is 1. The summed E-state index contributed by atoms with van der Waals surface area (Å²) in [5, 5.41) is 2.47. The van der Waals surface area contributed by atoms with Gasteiger partial charge in [0, 0.05) is 28.1 Å².